The van der Waals surface area contributed by atoms with E-state index in [0.29, 0.717) is 16.9 Å². The zero-order valence-electron chi connectivity index (χ0n) is 20.5. The fraction of sp³-hybridized carbons (Fsp3) is 0.375. The van der Waals surface area contributed by atoms with Crippen molar-refractivity contribution < 1.29 is 38.8 Å². The van der Waals surface area contributed by atoms with Crippen molar-refractivity contribution in [3.63, 3.8) is 0 Å². The standard InChI is InChI=1S/C24H24ClN3O10S/c1-2-39-22-18(11-19(29)23(31)37-12-14-3-7-16(8-4-14)27(33)34)21(30)26(22)20(25)24(32)38-13-15-5-9-17(10-6-15)28(35)36/h3-10,18-20,22,29H,2,11-13H2,1H3. The first-order valence-corrected chi connectivity index (χ1v) is 13.1. The van der Waals surface area contributed by atoms with Crippen LogP contribution in [-0.4, -0.2) is 60.4 Å². The molecular weight excluding hydrogens is 558 g/mol. The number of alkyl halides is 1. The van der Waals surface area contributed by atoms with Gasteiger partial charge >= 0.3 is 11.9 Å². The summed E-state index contributed by atoms with van der Waals surface area (Å²) in [5.74, 6) is -2.67. The number of benzene rings is 2. The number of nitro benzene ring substituents is 2. The summed E-state index contributed by atoms with van der Waals surface area (Å²) in [6.45, 7) is 1.39. The van der Waals surface area contributed by atoms with E-state index in [2.05, 4.69) is 0 Å². The molecule has 2 aromatic carbocycles. The lowest BCUT2D eigenvalue weighted by molar-refractivity contribution is -0.385. The van der Waals surface area contributed by atoms with Crippen molar-refractivity contribution in [2.45, 2.75) is 43.5 Å². The minimum atomic E-state index is -1.62. The maximum atomic E-state index is 12.8. The normalized spacial score (nSPS) is 18.0. The molecule has 2 aromatic rings. The molecule has 4 atom stereocenters. The van der Waals surface area contributed by atoms with Crippen LogP contribution in [0.1, 0.15) is 24.5 Å². The second kappa shape index (κ2) is 13.4. The van der Waals surface area contributed by atoms with E-state index in [9.17, 15) is 39.7 Å². The van der Waals surface area contributed by atoms with Crippen molar-refractivity contribution >= 4 is 52.6 Å². The molecule has 1 amide bonds. The van der Waals surface area contributed by atoms with Crippen molar-refractivity contribution in [3.8, 4) is 0 Å². The summed E-state index contributed by atoms with van der Waals surface area (Å²) in [5.41, 5.74) is -0.731. The first kappa shape index (κ1) is 29.8. The van der Waals surface area contributed by atoms with Gasteiger partial charge < -0.3 is 19.5 Å². The van der Waals surface area contributed by atoms with Crippen LogP contribution in [0.3, 0.4) is 0 Å². The Kier molecular flexibility index (Phi) is 10.2. The number of amides is 1. The summed E-state index contributed by atoms with van der Waals surface area (Å²) in [6.07, 6.45) is -1.88. The number of ether oxygens (including phenoxy) is 2. The van der Waals surface area contributed by atoms with E-state index in [1.165, 1.54) is 60.3 Å². The van der Waals surface area contributed by atoms with E-state index in [1.807, 2.05) is 6.92 Å². The van der Waals surface area contributed by atoms with Crippen LogP contribution in [0.15, 0.2) is 48.5 Å². The number of carbonyl (C=O) groups excluding carboxylic acids is 3. The number of aliphatic hydroxyl groups excluding tert-OH is 1. The number of hydrogen-bond donors (Lipinski definition) is 1. The number of thioether (sulfide) groups is 1. The second-order valence-electron chi connectivity index (χ2n) is 8.35. The molecule has 0 aliphatic carbocycles. The number of hydrogen-bond acceptors (Lipinski definition) is 11. The van der Waals surface area contributed by atoms with Gasteiger partial charge in [0.1, 0.15) is 13.2 Å². The van der Waals surface area contributed by atoms with Gasteiger partial charge in [-0.1, -0.05) is 18.5 Å². The summed E-state index contributed by atoms with van der Waals surface area (Å²) in [6, 6.07) is 10.7. The van der Waals surface area contributed by atoms with Crippen LogP contribution >= 0.6 is 23.4 Å². The third kappa shape index (κ3) is 7.43. The molecule has 1 fully saturated rings. The quantitative estimate of drug-likeness (QED) is 0.0916. The molecule has 1 heterocycles. The van der Waals surface area contributed by atoms with Crippen molar-refractivity contribution in [1.29, 1.82) is 0 Å². The molecule has 1 N–H and O–H groups in total. The summed E-state index contributed by atoms with van der Waals surface area (Å²) >= 11 is 7.54. The van der Waals surface area contributed by atoms with Gasteiger partial charge in [-0.3, -0.25) is 25.0 Å². The van der Waals surface area contributed by atoms with Gasteiger partial charge in [-0.2, -0.15) is 0 Å². The summed E-state index contributed by atoms with van der Waals surface area (Å²) in [7, 11) is 0. The predicted molar refractivity (Wildman–Crippen MR) is 138 cm³/mol. The van der Waals surface area contributed by atoms with Gasteiger partial charge in [-0.05, 0) is 47.6 Å². The van der Waals surface area contributed by atoms with Gasteiger partial charge in [-0.15, -0.1) is 11.8 Å². The average molecular weight is 582 g/mol. The molecular formula is C24H24ClN3O10S. The molecule has 1 aliphatic heterocycles. The number of nitrogens with zero attached hydrogens (tertiary/aromatic N) is 3. The number of esters is 2. The maximum Gasteiger partial charge on any atom is 0.345 e. The summed E-state index contributed by atoms with van der Waals surface area (Å²) < 4.78 is 10.2. The summed E-state index contributed by atoms with van der Waals surface area (Å²) in [4.78, 5) is 59.1. The van der Waals surface area contributed by atoms with Crippen LogP contribution in [0, 0.1) is 26.1 Å². The molecule has 39 heavy (non-hydrogen) atoms. The Morgan fingerprint density at radius 3 is 1.87 bits per heavy atom. The fourth-order valence-corrected chi connectivity index (χ4v) is 5.26. The Morgan fingerprint density at radius 1 is 0.974 bits per heavy atom. The third-order valence-corrected chi connectivity index (χ3v) is 7.39. The predicted octanol–water partition coefficient (Wildman–Crippen LogP) is 3.14. The van der Waals surface area contributed by atoms with Gasteiger partial charge in [0.05, 0.1) is 21.1 Å². The first-order chi connectivity index (χ1) is 18.5. The molecule has 0 spiro atoms. The highest BCUT2D eigenvalue weighted by atomic mass is 35.5. The monoisotopic (exact) mass is 581 g/mol. The lowest BCUT2D eigenvalue weighted by Crippen LogP contribution is -2.64. The number of carbonyl (C=O) groups is 3. The molecule has 208 valence electrons. The number of non-ortho nitro benzene ring substituents is 2. The van der Waals surface area contributed by atoms with E-state index >= 15 is 0 Å². The highest BCUT2D eigenvalue weighted by Gasteiger charge is 2.53. The van der Waals surface area contributed by atoms with E-state index in [4.69, 9.17) is 21.1 Å². The van der Waals surface area contributed by atoms with E-state index in [1.54, 1.807) is 0 Å². The van der Waals surface area contributed by atoms with Gasteiger partial charge in [-0.25, -0.2) is 9.59 Å². The van der Waals surface area contributed by atoms with Crippen LogP contribution in [0.5, 0.6) is 0 Å². The molecule has 13 nitrogen and oxygen atoms in total. The number of aliphatic hydroxyl groups is 1. The molecule has 0 bridgehead atoms. The van der Waals surface area contributed by atoms with Crippen LogP contribution in [-0.2, 0) is 37.1 Å². The van der Waals surface area contributed by atoms with Gasteiger partial charge in [0.25, 0.3) is 11.4 Å². The van der Waals surface area contributed by atoms with Crippen LogP contribution in [0.2, 0.25) is 0 Å². The molecule has 1 aliphatic rings. The van der Waals surface area contributed by atoms with Gasteiger partial charge in [0.15, 0.2) is 6.10 Å². The van der Waals surface area contributed by atoms with E-state index in [0.717, 1.165) is 4.90 Å². The SMILES string of the molecule is CCSC1C(CC(O)C(=O)OCc2ccc([N+](=O)[O-])cc2)C(=O)N1C(Cl)C(=O)OCc1ccc([N+](=O)[O-])cc1. The lowest BCUT2D eigenvalue weighted by Gasteiger charge is -2.48. The first-order valence-electron chi connectivity index (χ1n) is 11.6. The Labute approximate surface area is 231 Å². The third-order valence-electron chi connectivity index (χ3n) is 5.77. The van der Waals surface area contributed by atoms with Crippen molar-refractivity contribution in [2.24, 2.45) is 5.92 Å². The number of β-lactam (4-membered cyclic amide) rings is 1. The van der Waals surface area contributed by atoms with Crippen molar-refractivity contribution in [2.75, 3.05) is 5.75 Å². The smallest absolute Gasteiger partial charge is 0.345 e. The number of nitro groups is 2. The highest BCUT2D eigenvalue weighted by Crippen LogP contribution is 2.40. The number of rotatable bonds is 13. The lowest BCUT2D eigenvalue weighted by atomic mass is 9.91. The minimum Gasteiger partial charge on any atom is -0.459 e. The molecule has 0 radical (unpaired) electrons. The second-order valence-corrected chi connectivity index (χ2v) is 10.2. The topological polar surface area (TPSA) is 179 Å². The maximum absolute atomic E-state index is 12.8. The molecule has 1 saturated heterocycles. The molecule has 15 heteroatoms. The average Bonchev–Trinajstić information content (AvgIpc) is 2.93. The van der Waals surface area contributed by atoms with E-state index < -0.39 is 50.6 Å². The van der Waals surface area contributed by atoms with Crippen LogP contribution in [0.25, 0.3) is 0 Å². The fourth-order valence-electron chi connectivity index (χ4n) is 3.73. The molecule has 0 saturated carbocycles. The molecule has 4 unspecified atom stereocenters. The summed E-state index contributed by atoms with van der Waals surface area (Å²) in [5, 5.41) is 31.2. The Hall–Kier alpha value is -3.75. The van der Waals surface area contributed by atoms with E-state index in [-0.39, 0.29) is 31.0 Å². The molecule has 0 aromatic heterocycles. The number of likely N-dealkylation sites (tertiary alicyclic amines) is 1. The largest absolute Gasteiger partial charge is 0.459 e. The van der Waals surface area contributed by atoms with Crippen molar-refractivity contribution in [1.82, 2.24) is 4.90 Å². The number of halogens is 1. The Morgan fingerprint density at radius 2 is 1.44 bits per heavy atom. The van der Waals surface area contributed by atoms with Gasteiger partial charge in [0, 0.05) is 24.3 Å². The zero-order valence-corrected chi connectivity index (χ0v) is 22.1. The van der Waals surface area contributed by atoms with Crippen molar-refractivity contribution in [3.05, 3.63) is 79.9 Å². The highest BCUT2D eigenvalue weighted by molar-refractivity contribution is 7.99. The zero-order chi connectivity index (χ0) is 28.7. The van der Waals surface area contributed by atoms with Gasteiger partial charge in [0.2, 0.25) is 11.4 Å². The molecule has 3 rings (SSSR count). The Balaban J connectivity index is 1.52. The minimum absolute atomic E-state index is 0.116. The Bertz CT molecular complexity index is 1230. The van der Waals surface area contributed by atoms with Crippen LogP contribution in [0.4, 0.5) is 11.4 Å². The van der Waals surface area contributed by atoms with Crippen LogP contribution < -0.4 is 0 Å².